The van der Waals surface area contributed by atoms with Gasteiger partial charge in [0.2, 0.25) is 0 Å². The Kier molecular flexibility index (Phi) is 4.73. The quantitative estimate of drug-likeness (QED) is 0.894. The SMILES string of the molecule is CC(O)c1ccc(Br)cc1OCc1c(F)cccc1F. The van der Waals surface area contributed by atoms with Gasteiger partial charge in [-0.1, -0.05) is 28.1 Å². The van der Waals surface area contributed by atoms with E-state index in [-0.39, 0.29) is 12.2 Å². The molecule has 0 aliphatic carbocycles. The van der Waals surface area contributed by atoms with Crippen LogP contribution in [0.25, 0.3) is 0 Å². The summed E-state index contributed by atoms with van der Waals surface area (Å²) >= 11 is 3.29. The van der Waals surface area contributed by atoms with E-state index in [1.54, 1.807) is 25.1 Å². The van der Waals surface area contributed by atoms with E-state index in [2.05, 4.69) is 15.9 Å². The van der Waals surface area contributed by atoms with Crippen molar-refractivity contribution in [1.29, 1.82) is 0 Å². The van der Waals surface area contributed by atoms with Crippen molar-refractivity contribution >= 4 is 15.9 Å². The van der Waals surface area contributed by atoms with Crippen molar-refractivity contribution in [1.82, 2.24) is 0 Å². The molecule has 106 valence electrons. The Balaban J connectivity index is 2.25. The molecule has 0 saturated heterocycles. The van der Waals surface area contributed by atoms with Crippen molar-refractivity contribution in [2.75, 3.05) is 0 Å². The van der Waals surface area contributed by atoms with Gasteiger partial charge in [0.1, 0.15) is 24.0 Å². The lowest BCUT2D eigenvalue weighted by Gasteiger charge is -2.14. The molecule has 1 atom stereocenters. The normalized spacial score (nSPS) is 12.2. The zero-order valence-electron chi connectivity index (χ0n) is 10.7. The highest BCUT2D eigenvalue weighted by Crippen LogP contribution is 2.29. The molecular weight excluding hydrogens is 330 g/mol. The van der Waals surface area contributed by atoms with Gasteiger partial charge in [0, 0.05) is 10.0 Å². The number of halogens is 3. The molecule has 2 rings (SSSR count). The fourth-order valence-corrected chi connectivity index (χ4v) is 2.14. The van der Waals surface area contributed by atoms with Gasteiger partial charge in [-0.15, -0.1) is 0 Å². The molecule has 0 amide bonds. The Bertz CT molecular complexity index is 595. The fraction of sp³-hybridized carbons (Fsp3) is 0.200. The maximum Gasteiger partial charge on any atom is 0.132 e. The number of aliphatic hydroxyl groups is 1. The van der Waals surface area contributed by atoms with E-state index in [1.807, 2.05) is 0 Å². The first-order valence-corrected chi connectivity index (χ1v) is 6.81. The van der Waals surface area contributed by atoms with Crippen LogP contribution in [0.15, 0.2) is 40.9 Å². The van der Waals surface area contributed by atoms with Gasteiger partial charge in [-0.2, -0.15) is 0 Å². The molecule has 0 heterocycles. The first-order valence-electron chi connectivity index (χ1n) is 6.02. The summed E-state index contributed by atoms with van der Waals surface area (Å²) < 4.78 is 33.2. The van der Waals surface area contributed by atoms with Crippen LogP contribution < -0.4 is 4.74 Å². The maximum atomic E-state index is 13.5. The van der Waals surface area contributed by atoms with Crippen LogP contribution in [0.3, 0.4) is 0 Å². The van der Waals surface area contributed by atoms with Crippen LogP contribution in [0.2, 0.25) is 0 Å². The predicted octanol–water partition coefficient (Wildman–Crippen LogP) is 4.36. The Morgan fingerprint density at radius 3 is 2.45 bits per heavy atom. The summed E-state index contributed by atoms with van der Waals surface area (Å²) in [6.45, 7) is 1.36. The third-order valence-corrected chi connectivity index (χ3v) is 3.35. The maximum absolute atomic E-state index is 13.5. The average molecular weight is 343 g/mol. The summed E-state index contributed by atoms with van der Waals surface area (Å²) in [7, 11) is 0. The smallest absolute Gasteiger partial charge is 0.132 e. The molecule has 0 saturated carbocycles. The number of hydrogen-bond acceptors (Lipinski definition) is 2. The molecule has 0 spiro atoms. The van der Waals surface area contributed by atoms with E-state index >= 15 is 0 Å². The van der Waals surface area contributed by atoms with Gasteiger partial charge in [0.25, 0.3) is 0 Å². The largest absolute Gasteiger partial charge is 0.488 e. The lowest BCUT2D eigenvalue weighted by Crippen LogP contribution is -2.04. The van der Waals surface area contributed by atoms with Crippen molar-refractivity contribution in [3.05, 3.63) is 63.6 Å². The molecule has 2 aromatic carbocycles. The Morgan fingerprint density at radius 2 is 1.85 bits per heavy atom. The second-order valence-corrected chi connectivity index (χ2v) is 5.26. The fourth-order valence-electron chi connectivity index (χ4n) is 1.80. The number of rotatable bonds is 4. The summed E-state index contributed by atoms with van der Waals surface area (Å²) in [6, 6.07) is 8.77. The highest BCUT2D eigenvalue weighted by Gasteiger charge is 2.13. The number of aliphatic hydroxyl groups excluding tert-OH is 1. The van der Waals surface area contributed by atoms with Crippen LogP contribution in [0.5, 0.6) is 5.75 Å². The second-order valence-electron chi connectivity index (χ2n) is 4.35. The van der Waals surface area contributed by atoms with Crippen LogP contribution in [0.4, 0.5) is 8.78 Å². The molecule has 0 aromatic heterocycles. The minimum Gasteiger partial charge on any atom is -0.488 e. The van der Waals surface area contributed by atoms with E-state index in [1.165, 1.54) is 18.2 Å². The van der Waals surface area contributed by atoms with E-state index in [0.29, 0.717) is 11.3 Å². The molecule has 0 bridgehead atoms. The number of benzene rings is 2. The summed E-state index contributed by atoms with van der Waals surface area (Å²) in [6.07, 6.45) is -0.733. The van der Waals surface area contributed by atoms with Crippen molar-refractivity contribution < 1.29 is 18.6 Å². The standard InChI is InChI=1S/C15H13BrF2O2/c1-9(19)11-6-5-10(16)7-15(11)20-8-12-13(17)3-2-4-14(12)18/h2-7,9,19H,8H2,1H3. The summed E-state index contributed by atoms with van der Waals surface area (Å²) in [5, 5.41) is 9.66. The first-order chi connectivity index (χ1) is 9.49. The van der Waals surface area contributed by atoms with Crippen molar-refractivity contribution in [3.8, 4) is 5.75 Å². The lowest BCUT2D eigenvalue weighted by atomic mass is 10.1. The van der Waals surface area contributed by atoms with Gasteiger partial charge in [0.15, 0.2) is 0 Å². The van der Waals surface area contributed by atoms with E-state index < -0.39 is 17.7 Å². The molecule has 0 radical (unpaired) electrons. The Morgan fingerprint density at radius 1 is 1.20 bits per heavy atom. The first kappa shape index (κ1) is 14.9. The molecule has 0 fully saturated rings. The minimum atomic E-state index is -0.733. The van der Waals surface area contributed by atoms with Gasteiger partial charge in [0.05, 0.1) is 11.7 Å². The lowest BCUT2D eigenvalue weighted by molar-refractivity contribution is 0.189. The predicted molar refractivity (Wildman–Crippen MR) is 75.5 cm³/mol. The van der Waals surface area contributed by atoms with E-state index in [0.717, 1.165) is 4.47 Å². The average Bonchev–Trinajstić information content (AvgIpc) is 2.37. The third-order valence-electron chi connectivity index (χ3n) is 2.86. The topological polar surface area (TPSA) is 29.5 Å². The molecule has 0 aliphatic rings. The van der Waals surface area contributed by atoms with Crippen molar-refractivity contribution in [2.45, 2.75) is 19.6 Å². The molecule has 2 nitrogen and oxygen atoms in total. The van der Waals surface area contributed by atoms with Crippen LogP contribution in [-0.4, -0.2) is 5.11 Å². The van der Waals surface area contributed by atoms with Crippen molar-refractivity contribution in [3.63, 3.8) is 0 Å². The number of hydrogen-bond donors (Lipinski definition) is 1. The van der Waals surface area contributed by atoms with E-state index in [9.17, 15) is 13.9 Å². The van der Waals surface area contributed by atoms with E-state index in [4.69, 9.17) is 4.74 Å². The summed E-state index contributed by atoms with van der Waals surface area (Å²) in [5.41, 5.74) is 0.425. The van der Waals surface area contributed by atoms with Crippen LogP contribution in [-0.2, 0) is 6.61 Å². The number of ether oxygens (including phenoxy) is 1. The van der Waals surface area contributed by atoms with Crippen LogP contribution in [0.1, 0.15) is 24.2 Å². The zero-order chi connectivity index (χ0) is 14.7. The molecule has 2 aromatic rings. The molecule has 1 N–H and O–H groups in total. The Labute approximate surface area is 124 Å². The molecule has 20 heavy (non-hydrogen) atoms. The molecule has 5 heteroatoms. The van der Waals surface area contributed by atoms with Crippen molar-refractivity contribution in [2.24, 2.45) is 0 Å². The zero-order valence-corrected chi connectivity index (χ0v) is 12.3. The summed E-state index contributed by atoms with van der Waals surface area (Å²) in [5.74, 6) is -0.922. The molecule has 0 aliphatic heterocycles. The highest BCUT2D eigenvalue weighted by atomic mass is 79.9. The summed E-state index contributed by atoms with van der Waals surface area (Å²) in [4.78, 5) is 0. The third kappa shape index (κ3) is 3.35. The molecular formula is C15H13BrF2O2. The van der Waals surface area contributed by atoms with Gasteiger partial charge >= 0.3 is 0 Å². The van der Waals surface area contributed by atoms with Crippen LogP contribution in [0, 0.1) is 11.6 Å². The van der Waals surface area contributed by atoms with Gasteiger partial charge < -0.3 is 9.84 Å². The minimum absolute atomic E-state index is 0.135. The second kappa shape index (κ2) is 6.33. The van der Waals surface area contributed by atoms with Gasteiger partial charge in [-0.05, 0) is 31.2 Å². The monoisotopic (exact) mass is 342 g/mol. The molecule has 1 unspecified atom stereocenters. The Hall–Kier alpha value is -1.46. The van der Waals surface area contributed by atoms with Crippen LogP contribution >= 0.6 is 15.9 Å². The van der Waals surface area contributed by atoms with Gasteiger partial charge in [-0.25, -0.2) is 8.78 Å². The van der Waals surface area contributed by atoms with Gasteiger partial charge in [-0.3, -0.25) is 0 Å². The highest BCUT2D eigenvalue weighted by molar-refractivity contribution is 9.10.